The van der Waals surface area contributed by atoms with E-state index in [0.717, 1.165) is 17.8 Å². The first kappa shape index (κ1) is 15.2. The van der Waals surface area contributed by atoms with Crippen LogP contribution in [0.1, 0.15) is 11.1 Å². The first-order chi connectivity index (χ1) is 11.2. The summed E-state index contributed by atoms with van der Waals surface area (Å²) in [5, 5.41) is 7.15. The molecule has 5 nitrogen and oxygen atoms in total. The van der Waals surface area contributed by atoms with Crippen LogP contribution in [0.3, 0.4) is 0 Å². The van der Waals surface area contributed by atoms with Crippen molar-refractivity contribution in [1.82, 2.24) is 19.7 Å². The maximum absolute atomic E-state index is 13.7. The molecule has 0 bridgehead atoms. The van der Waals surface area contributed by atoms with E-state index in [0.29, 0.717) is 5.56 Å². The second-order valence-corrected chi connectivity index (χ2v) is 5.23. The minimum Gasteiger partial charge on any atom is -0.316 e. The first-order valence-corrected chi connectivity index (χ1v) is 7.31. The largest absolute Gasteiger partial charge is 0.350 e. The highest BCUT2D eigenvalue weighted by Crippen LogP contribution is 2.09. The van der Waals surface area contributed by atoms with Crippen LogP contribution in [0.2, 0.25) is 0 Å². The quantitative estimate of drug-likeness (QED) is 0.783. The van der Waals surface area contributed by atoms with E-state index in [-0.39, 0.29) is 18.1 Å². The maximum atomic E-state index is 13.7. The third-order valence-electron chi connectivity index (χ3n) is 3.61. The zero-order chi connectivity index (χ0) is 16.2. The van der Waals surface area contributed by atoms with Crippen LogP contribution in [-0.4, -0.2) is 21.4 Å². The van der Waals surface area contributed by atoms with Crippen molar-refractivity contribution in [2.45, 2.75) is 13.1 Å². The summed E-state index contributed by atoms with van der Waals surface area (Å²) < 4.78 is 16.4. The molecule has 1 heterocycles. The van der Waals surface area contributed by atoms with E-state index in [1.165, 1.54) is 21.6 Å². The molecule has 23 heavy (non-hydrogen) atoms. The van der Waals surface area contributed by atoms with Crippen molar-refractivity contribution >= 4 is 0 Å². The zero-order valence-corrected chi connectivity index (χ0v) is 12.7. The Morgan fingerprint density at radius 3 is 2.57 bits per heavy atom. The van der Waals surface area contributed by atoms with Crippen LogP contribution in [0.15, 0.2) is 59.7 Å². The summed E-state index contributed by atoms with van der Waals surface area (Å²) in [5.41, 5.74) is 2.00. The number of nitrogens with one attached hydrogen (secondary N) is 1. The van der Waals surface area contributed by atoms with E-state index in [1.807, 2.05) is 31.3 Å². The minimum absolute atomic E-state index is 0.107. The van der Waals surface area contributed by atoms with Crippen molar-refractivity contribution in [3.63, 3.8) is 0 Å². The van der Waals surface area contributed by atoms with Gasteiger partial charge in [-0.25, -0.2) is 18.4 Å². The lowest BCUT2D eigenvalue weighted by Crippen LogP contribution is -2.24. The maximum Gasteiger partial charge on any atom is 0.350 e. The highest BCUT2D eigenvalue weighted by atomic mass is 19.1. The molecule has 3 aromatic rings. The van der Waals surface area contributed by atoms with Gasteiger partial charge in [0, 0.05) is 12.1 Å². The summed E-state index contributed by atoms with van der Waals surface area (Å²) in [6.07, 6.45) is 1.45. The number of hydrogen-bond acceptors (Lipinski definition) is 3. The van der Waals surface area contributed by atoms with Crippen LogP contribution in [0, 0.1) is 5.82 Å². The molecule has 1 N–H and O–H groups in total. The van der Waals surface area contributed by atoms with Crippen molar-refractivity contribution < 1.29 is 4.39 Å². The molecule has 0 aliphatic carbocycles. The second-order valence-electron chi connectivity index (χ2n) is 5.23. The average Bonchev–Trinajstić information content (AvgIpc) is 2.92. The van der Waals surface area contributed by atoms with E-state index >= 15 is 0 Å². The highest BCUT2D eigenvalue weighted by molar-refractivity contribution is 5.34. The summed E-state index contributed by atoms with van der Waals surface area (Å²) in [5.74, 6) is -0.342. The fourth-order valence-corrected chi connectivity index (χ4v) is 2.39. The summed E-state index contributed by atoms with van der Waals surface area (Å²) >= 11 is 0. The van der Waals surface area contributed by atoms with Gasteiger partial charge in [-0.05, 0) is 30.8 Å². The Morgan fingerprint density at radius 2 is 1.87 bits per heavy atom. The lowest BCUT2D eigenvalue weighted by molar-refractivity contribution is 0.577. The molecule has 0 aliphatic rings. The molecule has 118 valence electrons. The molecule has 0 saturated carbocycles. The van der Waals surface area contributed by atoms with Gasteiger partial charge in [0.1, 0.15) is 12.1 Å². The smallest absolute Gasteiger partial charge is 0.316 e. The Bertz CT molecular complexity index is 852. The van der Waals surface area contributed by atoms with Gasteiger partial charge in [-0.1, -0.05) is 30.3 Å². The van der Waals surface area contributed by atoms with Gasteiger partial charge in [-0.2, -0.15) is 5.10 Å². The Labute approximate surface area is 133 Å². The predicted octanol–water partition coefficient (Wildman–Crippen LogP) is 1.94. The number of nitrogens with zero attached hydrogens (tertiary/aromatic N) is 3. The molecule has 0 saturated heterocycles. The van der Waals surface area contributed by atoms with Crippen LogP contribution in [0.4, 0.5) is 4.39 Å². The third-order valence-corrected chi connectivity index (χ3v) is 3.61. The Balaban J connectivity index is 1.87. The van der Waals surface area contributed by atoms with E-state index in [1.54, 1.807) is 18.2 Å². The number of hydrogen-bond donors (Lipinski definition) is 1. The van der Waals surface area contributed by atoms with Gasteiger partial charge in [-0.15, -0.1) is 0 Å². The summed E-state index contributed by atoms with van der Waals surface area (Å²) in [4.78, 5) is 12.4. The molecule has 0 atom stereocenters. The van der Waals surface area contributed by atoms with Crippen LogP contribution in [0.25, 0.3) is 5.69 Å². The molecular weight excluding hydrogens is 295 g/mol. The van der Waals surface area contributed by atoms with Crippen LogP contribution >= 0.6 is 0 Å². The van der Waals surface area contributed by atoms with E-state index in [4.69, 9.17) is 0 Å². The van der Waals surface area contributed by atoms with Gasteiger partial charge in [0.05, 0.1) is 12.2 Å². The first-order valence-electron chi connectivity index (χ1n) is 7.31. The number of halogens is 1. The molecule has 0 unspecified atom stereocenters. The Kier molecular flexibility index (Phi) is 4.34. The molecule has 3 rings (SSSR count). The van der Waals surface area contributed by atoms with Gasteiger partial charge in [-0.3, -0.25) is 0 Å². The third kappa shape index (κ3) is 3.22. The van der Waals surface area contributed by atoms with Crippen molar-refractivity contribution in [1.29, 1.82) is 0 Å². The summed E-state index contributed by atoms with van der Waals surface area (Å²) in [6.45, 7) is 0.873. The average molecular weight is 312 g/mol. The SMILES string of the molecule is CNCc1ccc(-n2cnn(Cc3ccccc3F)c2=O)cc1. The number of aromatic nitrogens is 3. The Hall–Kier alpha value is -2.73. The molecule has 0 fully saturated rings. The number of benzene rings is 2. The van der Waals surface area contributed by atoms with Gasteiger partial charge >= 0.3 is 5.69 Å². The standard InChI is InChI=1S/C17H17FN4O/c1-19-10-13-6-8-15(9-7-13)21-12-20-22(17(21)23)11-14-4-2-3-5-16(14)18/h2-9,12,19H,10-11H2,1H3. The van der Waals surface area contributed by atoms with Crippen molar-refractivity contribution in [2.24, 2.45) is 0 Å². The van der Waals surface area contributed by atoms with E-state index in [9.17, 15) is 9.18 Å². The summed E-state index contributed by atoms with van der Waals surface area (Å²) in [6, 6.07) is 14.0. The molecule has 2 aromatic carbocycles. The molecule has 0 spiro atoms. The van der Waals surface area contributed by atoms with Gasteiger partial charge in [0.2, 0.25) is 0 Å². The Morgan fingerprint density at radius 1 is 1.13 bits per heavy atom. The molecule has 6 heteroatoms. The van der Waals surface area contributed by atoms with Gasteiger partial charge in [0.15, 0.2) is 0 Å². The normalized spacial score (nSPS) is 10.9. The van der Waals surface area contributed by atoms with Crippen LogP contribution < -0.4 is 11.0 Å². The topological polar surface area (TPSA) is 51.9 Å². The summed E-state index contributed by atoms with van der Waals surface area (Å²) in [7, 11) is 1.88. The lowest BCUT2D eigenvalue weighted by atomic mass is 10.2. The zero-order valence-electron chi connectivity index (χ0n) is 12.7. The monoisotopic (exact) mass is 312 g/mol. The molecular formula is C17H17FN4O. The van der Waals surface area contributed by atoms with Crippen LogP contribution in [-0.2, 0) is 13.1 Å². The fraction of sp³-hybridized carbons (Fsp3) is 0.176. The van der Waals surface area contributed by atoms with Crippen molar-refractivity contribution in [2.75, 3.05) is 7.05 Å². The molecule has 0 radical (unpaired) electrons. The number of rotatable bonds is 5. The van der Waals surface area contributed by atoms with Gasteiger partial charge in [0.25, 0.3) is 0 Å². The highest BCUT2D eigenvalue weighted by Gasteiger charge is 2.09. The van der Waals surface area contributed by atoms with E-state index < -0.39 is 0 Å². The minimum atomic E-state index is -0.342. The fourth-order valence-electron chi connectivity index (χ4n) is 2.39. The van der Waals surface area contributed by atoms with Crippen LogP contribution in [0.5, 0.6) is 0 Å². The predicted molar refractivity (Wildman–Crippen MR) is 86.1 cm³/mol. The van der Waals surface area contributed by atoms with Crippen molar-refractivity contribution in [3.8, 4) is 5.69 Å². The van der Waals surface area contributed by atoms with Gasteiger partial charge < -0.3 is 5.32 Å². The lowest BCUT2D eigenvalue weighted by Gasteiger charge is -2.04. The second kappa shape index (κ2) is 6.58. The van der Waals surface area contributed by atoms with Crippen molar-refractivity contribution in [3.05, 3.63) is 82.3 Å². The molecule has 0 amide bonds. The van der Waals surface area contributed by atoms with E-state index in [2.05, 4.69) is 10.4 Å². The molecule has 0 aliphatic heterocycles. The molecule has 1 aromatic heterocycles.